The molecule has 3 heterocycles. The van der Waals surface area contributed by atoms with Crippen LogP contribution in [0.15, 0.2) is 70.4 Å². The van der Waals surface area contributed by atoms with Gasteiger partial charge in [0.2, 0.25) is 15.9 Å². The van der Waals surface area contributed by atoms with Crippen LogP contribution in [-0.4, -0.2) is 73.1 Å². The molecule has 1 saturated carbocycles. The van der Waals surface area contributed by atoms with Gasteiger partial charge >= 0.3 is 0 Å². The van der Waals surface area contributed by atoms with Crippen LogP contribution in [0.2, 0.25) is 5.02 Å². The number of benzene rings is 2. The number of carbonyl (C=O) groups is 1. The predicted molar refractivity (Wildman–Crippen MR) is 160 cm³/mol. The number of aliphatic hydroxyl groups is 1. The molecule has 2 aliphatic carbocycles. The van der Waals surface area contributed by atoms with Gasteiger partial charge in [0.1, 0.15) is 6.10 Å². The number of hydrogen-bond acceptors (Lipinski definition) is 7. The zero-order chi connectivity index (χ0) is 30.1. The minimum atomic E-state index is -4.00. The van der Waals surface area contributed by atoms with Crippen molar-refractivity contribution in [3.8, 4) is 11.5 Å². The number of sulfonamides is 1. The van der Waals surface area contributed by atoms with E-state index in [1.165, 1.54) is 16.4 Å². The average Bonchev–Trinajstić information content (AvgIpc) is 3.63. The number of amides is 1. The third kappa shape index (κ3) is 4.03. The Balaban J connectivity index is 1.34. The molecule has 9 nitrogen and oxygen atoms in total. The smallest absolute Gasteiger partial charge is 0.246 e. The van der Waals surface area contributed by atoms with Gasteiger partial charge in [-0.15, -0.1) is 0 Å². The molecule has 0 unspecified atom stereocenters. The van der Waals surface area contributed by atoms with Gasteiger partial charge in [0.25, 0.3) is 0 Å². The largest absolute Gasteiger partial charge is 0.493 e. The van der Waals surface area contributed by atoms with Crippen LogP contribution in [0.5, 0.6) is 11.5 Å². The molecule has 2 fully saturated rings. The quantitative estimate of drug-likeness (QED) is 0.405. The standard InChI is InChI=1S/C32H33ClN2O7S/c1-34(27(36)10-7-20-12-16-41-19-20)24-11-14-32(37)26-17-21-8-9-25(40-2)29-28(21)31(32,30(24)42-29)13-4-15-35(26)43(38,39)23-6-3-5-22(33)18-23/h3,5-10,12,16,18-19,24,26,30,37H,4,11,13-15,17H2,1-2H3/b10-7-/t24-,26-,30+,31+,32-/m1/s1. The molecule has 1 spiro atoms. The molecule has 3 aromatic rings. The highest BCUT2D eigenvalue weighted by Gasteiger charge is 2.73. The van der Waals surface area contributed by atoms with Gasteiger partial charge in [-0.25, -0.2) is 8.42 Å². The first-order chi connectivity index (χ1) is 20.6. The number of nitrogens with zero attached hydrogens (tertiary/aromatic N) is 2. The normalized spacial score (nSPS) is 29.5. The number of methoxy groups -OCH3 is 1. The van der Waals surface area contributed by atoms with E-state index in [2.05, 4.69) is 0 Å². The molecular formula is C32H33ClN2O7S. The molecule has 2 aliphatic heterocycles. The topological polar surface area (TPSA) is 110 Å². The molecule has 1 aromatic heterocycles. The van der Waals surface area contributed by atoms with E-state index < -0.39 is 33.2 Å². The molecule has 2 aromatic carbocycles. The van der Waals surface area contributed by atoms with Crippen LogP contribution in [0, 0.1) is 0 Å². The van der Waals surface area contributed by atoms with E-state index in [1.54, 1.807) is 61.9 Å². The number of halogens is 1. The molecular weight excluding hydrogens is 592 g/mol. The summed E-state index contributed by atoms with van der Waals surface area (Å²) in [6.45, 7) is 0.240. The zero-order valence-corrected chi connectivity index (χ0v) is 25.5. The number of rotatable bonds is 6. The molecule has 11 heteroatoms. The van der Waals surface area contributed by atoms with Crippen molar-refractivity contribution in [3.05, 3.63) is 82.8 Å². The fraction of sp³-hybridized carbons (Fsp3) is 0.406. The Morgan fingerprint density at radius 1 is 1.23 bits per heavy atom. The molecule has 1 N–H and O–H groups in total. The van der Waals surface area contributed by atoms with E-state index >= 15 is 0 Å². The molecule has 1 saturated heterocycles. The molecule has 2 bridgehead atoms. The Morgan fingerprint density at radius 3 is 2.81 bits per heavy atom. The molecule has 226 valence electrons. The maximum Gasteiger partial charge on any atom is 0.246 e. The van der Waals surface area contributed by atoms with Crippen LogP contribution in [0.25, 0.3) is 6.08 Å². The second-order valence-corrected chi connectivity index (χ2v) is 14.2. The molecule has 7 rings (SSSR count). The summed E-state index contributed by atoms with van der Waals surface area (Å²) < 4.78 is 47.5. The minimum absolute atomic E-state index is 0.100. The number of carbonyl (C=O) groups excluding carboxylic acids is 1. The Labute approximate surface area is 255 Å². The van der Waals surface area contributed by atoms with E-state index in [4.69, 9.17) is 25.5 Å². The van der Waals surface area contributed by atoms with Crippen LogP contribution in [0.1, 0.15) is 42.4 Å². The van der Waals surface area contributed by atoms with Crippen molar-refractivity contribution < 1.29 is 32.2 Å². The maximum atomic E-state index is 14.2. The van der Waals surface area contributed by atoms with Crippen LogP contribution in [0.3, 0.4) is 0 Å². The van der Waals surface area contributed by atoms with Crippen molar-refractivity contribution in [2.24, 2.45) is 0 Å². The van der Waals surface area contributed by atoms with Gasteiger partial charge in [-0.2, -0.15) is 4.31 Å². The summed E-state index contributed by atoms with van der Waals surface area (Å²) in [6.07, 6.45) is 7.75. The SMILES string of the molecule is COc1ccc2c3c1O[C@H]1[C@H](N(C)C(=O)/C=C\c4ccoc4)CC[C@@]4(O)[C@@H](C2)N(S(=O)(=O)c2cccc(Cl)c2)CCC[C@]314. The van der Waals surface area contributed by atoms with Gasteiger partial charge in [-0.1, -0.05) is 23.7 Å². The summed E-state index contributed by atoms with van der Waals surface area (Å²) in [7, 11) is -0.659. The highest BCUT2D eigenvalue weighted by molar-refractivity contribution is 7.89. The highest BCUT2D eigenvalue weighted by Crippen LogP contribution is 2.65. The van der Waals surface area contributed by atoms with Crippen molar-refractivity contribution >= 4 is 33.6 Å². The van der Waals surface area contributed by atoms with Gasteiger partial charge in [0.05, 0.1) is 47.6 Å². The van der Waals surface area contributed by atoms with Crippen molar-refractivity contribution in [2.75, 3.05) is 20.7 Å². The van der Waals surface area contributed by atoms with Crippen LogP contribution in [0.4, 0.5) is 0 Å². The van der Waals surface area contributed by atoms with Crippen molar-refractivity contribution in [2.45, 2.75) is 66.2 Å². The summed E-state index contributed by atoms with van der Waals surface area (Å²) in [4.78, 5) is 15.2. The first-order valence-corrected chi connectivity index (χ1v) is 16.3. The lowest BCUT2D eigenvalue weighted by molar-refractivity contribution is -0.164. The average molecular weight is 625 g/mol. The molecule has 1 amide bonds. The summed E-state index contributed by atoms with van der Waals surface area (Å²) in [5.41, 5.74) is 0.196. The van der Waals surface area contributed by atoms with Gasteiger partial charge in [-0.3, -0.25) is 4.79 Å². The summed E-state index contributed by atoms with van der Waals surface area (Å²) in [5, 5.41) is 13.3. The number of likely N-dealkylation sites (N-methyl/N-ethyl adjacent to an activating group) is 1. The summed E-state index contributed by atoms with van der Waals surface area (Å²) in [6, 6.07) is 10.7. The third-order valence-electron chi connectivity index (χ3n) is 10.0. The van der Waals surface area contributed by atoms with Crippen LogP contribution < -0.4 is 9.47 Å². The Morgan fingerprint density at radius 2 is 2.07 bits per heavy atom. The van der Waals surface area contributed by atoms with E-state index in [1.807, 2.05) is 12.1 Å². The molecule has 43 heavy (non-hydrogen) atoms. The van der Waals surface area contributed by atoms with Crippen molar-refractivity contribution in [1.29, 1.82) is 0 Å². The first-order valence-electron chi connectivity index (χ1n) is 14.5. The second-order valence-electron chi connectivity index (χ2n) is 11.9. The van der Waals surface area contributed by atoms with Gasteiger partial charge in [0, 0.05) is 35.8 Å². The van der Waals surface area contributed by atoms with E-state index in [9.17, 15) is 18.3 Å². The summed E-state index contributed by atoms with van der Waals surface area (Å²) >= 11 is 6.21. The van der Waals surface area contributed by atoms with E-state index in [0.29, 0.717) is 48.6 Å². The third-order valence-corrected chi connectivity index (χ3v) is 12.2. The van der Waals surface area contributed by atoms with Crippen molar-refractivity contribution in [1.82, 2.24) is 9.21 Å². The van der Waals surface area contributed by atoms with E-state index in [-0.39, 0.29) is 23.4 Å². The lowest BCUT2D eigenvalue weighted by Crippen LogP contribution is -2.74. The maximum absolute atomic E-state index is 14.2. The Bertz CT molecular complexity index is 1720. The van der Waals surface area contributed by atoms with Crippen LogP contribution >= 0.6 is 11.6 Å². The number of ether oxygens (including phenoxy) is 2. The van der Waals surface area contributed by atoms with Gasteiger partial charge in [-0.05, 0) is 74.1 Å². The molecule has 0 radical (unpaired) electrons. The molecule has 5 atom stereocenters. The van der Waals surface area contributed by atoms with Crippen molar-refractivity contribution in [3.63, 3.8) is 0 Å². The monoisotopic (exact) mass is 624 g/mol. The predicted octanol–water partition coefficient (Wildman–Crippen LogP) is 4.42. The summed E-state index contributed by atoms with van der Waals surface area (Å²) in [5.74, 6) is 0.934. The fourth-order valence-electron chi connectivity index (χ4n) is 8.12. The second kappa shape index (κ2) is 10.1. The first kappa shape index (κ1) is 28.5. The molecule has 4 aliphatic rings. The lowest BCUT2D eigenvalue weighted by Gasteiger charge is -2.59. The zero-order valence-electron chi connectivity index (χ0n) is 23.9. The highest BCUT2D eigenvalue weighted by atomic mass is 35.5. The lowest BCUT2D eigenvalue weighted by atomic mass is 9.50. The number of furan rings is 1. The van der Waals surface area contributed by atoms with Gasteiger partial charge < -0.3 is 23.9 Å². The van der Waals surface area contributed by atoms with Crippen LogP contribution in [-0.2, 0) is 26.7 Å². The van der Waals surface area contributed by atoms with Gasteiger partial charge in [0.15, 0.2) is 11.5 Å². The minimum Gasteiger partial charge on any atom is -0.493 e. The van der Waals surface area contributed by atoms with E-state index in [0.717, 1.165) is 16.7 Å². The fourth-order valence-corrected chi connectivity index (χ4v) is 10.1. The Kier molecular flexibility index (Phi) is 6.70. The number of hydrogen-bond donors (Lipinski definition) is 1. The Hall–Kier alpha value is -3.31.